The molecule has 1 aromatic carbocycles. The lowest BCUT2D eigenvalue weighted by Gasteiger charge is -2.08. The molecule has 1 aromatic rings. The number of hydrogen-bond donors (Lipinski definition) is 0. The Morgan fingerprint density at radius 2 is 2.00 bits per heavy atom. The van der Waals surface area contributed by atoms with Crippen molar-refractivity contribution < 1.29 is 9.53 Å². The minimum absolute atomic E-state index is 0.196. The van der Waals surface area contributed by atoms with Crippen LogP contribution < -0.4 is 5.30 Å². The average molecular weight is 275 g/mol. The van der Waals surface area contributed by atoms with Gasteiger partial charge in [0.15, 0.2) is 0 Å². The van der Waals surface area contributed by atoms with Crippen molar-refractivity contribution in [2.24, 2.45) is 0 Å². The SMILES string of the molecule is COC(=O)c1cc(Br)cc(P(C)C)c1. The molecule has 0 heterocycles. The van der Waals surface area contributed by atoms with Crippen LogP contribution in [0.3, 0.4) is 0 Å². The highest BCUT2D eigenvalue weighted by Crippen LogP contribution is 2.26. The van der Waals surface area contributed by atoms with Gasteiger partial charge in [-0.15, -0.1) is 0 Å². The van der Waals surface area contributed by atoms with Crippen LogP contribution in [0.2, 0.25) is 0 Å². The van der Waals surface area contributed by atoms with Gasteiger partial charge >= 0.3 is 5.97 Å². The smallest absolute Gasteiger partial charge is 0.337 e. The van der Waals surface area contributed by atoms with Crippen LogP contribution in [0.1, 0.15) is 10.4 Å². The van der Waals surface area contributed by atoms with Crippen molar-refractivity contribution in [3.05, 3.63) is 28.2 Å². The molecule has 0 atom stereocenters. The number of methoxy groups -OCH3 is 1. The number of carbonyl (C=O) groups is 1. The maximum Gasteiger partial charge on any atom is 0.337 e. The van der Waals surface area contributed by atoms with Crippen LogP contribution in [-0.2, 0) is 4.74 Å². The first kappa shape index (κ1) is 11.7. The Kier molecular flexibility index (Phi) is 4.09. The van der Waals surface area contributed by atoms with Gasteiger partial charge in [-0.25, -0.2) is 4.79 Å². The number of esters is 1. The van der Waals surface area contributed by atoms with Crippen molar-refractivity contribution in [2.45, 2.75) is 0 Å². The molecule has 0 bridgehead atoms. The Morgan fingerprint density at radius 3 is 2.50 bits per heavy atom. The Morgan fingerprint density at radius 1 is 1.36 bits per heavy atom. The van der Waals surface area contributed by atoms with Crippen LogP contribution in [-0.4, -0.2) is 26.4 Å². The maximum absolute atomic E-state index is 11.3. The van der Waals surface area contributed by atoms with Gasteiger partial charge in [0, 0.05) is 4.47 Å². The van der Waals surface area contributed by atoms with E-state index < -0.39 is 0 Å². The summed E-state index contributed by atoms with van der Waals surface area (Å²) in [5.41, 5.74) is 0.605. The molecule has 4 heteroatoms. The van der Waals surface area contributed by atoms with Crippen molar-refractivity contribution in [3.63, 3.8) is 0 Å². The molecule has 14 heavy (non-hydrogen) atoms. The fourth-order valence-corrected chi connectivity index (χ4v) is 2.53. The van der Waals surface area contributed by atoms with Crippen molar-refractivity contribution in [2.75, 3.05) is 20.4 Å². The van der Waals surface area contributed by atoms with Crippen LogP contribution in [0, 0.1) is 0 Å². The molecule has 0 unspecified atom stereocenters. The first-order valence-corrected chi connectivity index (χ1v) is 7.13. The molecule has 0 saturated heterocycles. The van der Waals surface area contributed by atoms with E-state index in [9.17, 15) is 4.79 Å². The predicted molar refractivity (Wildman–Crippen MR) is 63.9 cm³/mol. The molecule has 0 fully saturated rings. The second kappa shape index (κ2) is 4.90. The first-order chi connectivity index (χ1) is 6.54. The summed E-state index contributed by atoms with van der Waals surface area (Å²) in [7, 11) is 1.20. The standard InChI is InChI=1S/C10H12BrO2P/c1-13-10(12)7-4-8(11)6-9(5-7)14(2)3/h4-6H,1-3H3. The summed E-state index contributed by atoms with van der Waals surface area (Å²) < 4.78 is 5.60. The zero-order valence-electron chi connectivity index (χ0n) is 8.37. The minimum atomic E-state index is -0.288. The molecule has 0 N–H and O–H groups in total. The fourth-order valence-electron chi connectivity index (χ4n) is 1.07. The molecule has 0 radical (unpaired) electrons. The van der Waals surface area contributed by atoms with E-state index in [0.717, 1.165) is 4.47 Å². The monoisotopic (exact) mass is 274 g/mol. The normalized spacial score (nSPS) is 10.4. The van der Waals surface area contributed by atoms with E-state index >= 15 is 0 Å². The Labute approximate surface area is 93.5 Å². The largest absolute Gasteiger partial charge is 0.465 e. The van der Waals surface area contributed by atoms with Crippen molar-refractivity contribution >= 4 is 35.1 Å². The van der Waals surface area contributed by atoms with Crippen molar-refractivity contribution in [3.8, 4) is 0 Å². The lowest BCUT2D eigenvalue weighted by atomic mass is 10.2. The van der Waals surface area contributed by atoms with Gasteiger partial charge in [-0.3, -0.25) is 0 Å². The van der Waals surface area contributed by atoms with Gasteiger partial charge in [0.05, 0.1) is 12.7 Å². The third kappa shape index (κ3) is 2.79. The number of carbonyl (C=O) groups excluding carboxylic acids is 1. The Balaban J connectivity index is 3.13. The number of benzene rings is 1. The molecule has 2 nitrogen and oxygen atoms in total. The molecule has 0 aliphatic carbocycles. The first-order valence-electron chi connectivity index (χ1n) is 4.11. The van der Waals surface area contributed by atoms with E-state index in [1.165, 1.54) is 12.4 Å². The molecular formula is C10H12BrO2P. The van der Waals surface area contributed by atoms with E-state index in [1.54, 1.807) is 6.07 Å². The minimum Gasteiger partial charge on any atom is -0.465 e. The molecule has 76 valence electrons. The van der Waals surface area contributed by atoms with Crippen LogP contribution in [0.4, 0.5) is 0 Å². The third-order valence-corrected chi connectivity index (χ3v) is 3.57. The molecule has 0 amide bonds. The summed E-state index contributed by atoms with van der Waals surface area (Å²) in [4.78, 5) is 11.3. The molecule has 0 spiro atoms. The van der Waals surface area contributed by atoms with E-state index in [1.807, 2.05) is 12.1 Å². The highest BCUT2D eigenvalue weighted by molar-refractivity contribution is 9.10. The molecule has 1 rings (SSSR count). The molecule has 0 saturated carbocycles. The van der Waals surface area contributed by atoms with Crippen LogP contribution in [0.15, 0.2) is 22.7 Å². The number of hydrogen-bond acceptors (Lipinski definition) is 2. The predicted octanol–water partition coefficient (Wildman–Crippen LogP) is 2.60. The number of halogens is 1. The third-order valence-electron chi connectivity index (χ3n) is 1.82. The van der Waals surface area contributed by atoms with Gasteiger partial charge in [-0.1, -0.05) is 23.9 Å². The number of ether oxygens (including phenoxy) is 1. The highest BCUT2D eigenvalue weighted by atomic mass is 79.9. The summed E-state index contributed by atoms with van der Waals surface area (Å²) in [6.45, 7) is 4.30. The van der Waals surface area contributed by atoms with Gasteiger partial charge < -0.3 is 4.74 Å². The van der Waals surface area contributed by atoms with Gasteiger partial charge in [0.1, 0.15) is 0 Å². The average Bonchev–Trinajstić information content (AvgIpc) is 2.15. The fraction of sp³-hybridized carbons (Fsp3) is 0.300. The summed E-state index contributed by atoms with van der Waals surface area (Å²) in [5.74, 6) is -0.288. The van der Waals surface area contributed by atoms with Crippen LogP contribution >= 0.6 is 23.9 Å². The quantitative estimate of drug-likeness (QED) is 0.612. The highest BCUT2D eigenvalue weighted by Gasteiger charge is 2.09. The molecule has 0 aromatic heterocycles. The summed E-state index contributed by atoms with van der Waals surface area (Å²) in [6, 6.07) is 5.70. The van der Waals surface area contributed by atoms with E-state index in [2.05, 4.69) is 34.0 Å². The van der Waals surface area contributed by atoms with Crippen molar-refractivity contribution in [1.82, 2.24) is 0 Å². The second-order valence-corrected chi connectivity index (χ2v) is 6.31. The second-order valence-electron chi connectivity index (χ2n) is 3.08. The Bertz CT molecular complexity index is 350. The van der Waals surface area contributed by atoms with Crippen LogP contribution in [0.25, 0.3) is 0 Å². The zero-order valence-corrected chi connectivity index (χ0v) is 10.9. The lowest BCUT2D eigenvalue weighted by molar-refractivity contribution is 0.0601. The van der Waals surface area contributed by atoms with Crippen molar-refractivity contribution in [1.29, 1.82) is 0 Å². The summed E-state index contributed by atoms with van der Waals surface area (Å²) in [6.07, 6.45) is 0. The van der Waals surface area contributed by atoms with E-state index in [0.29, 0.717) is 5.56 Å². The summed E-state index contributed by atoms with van der Waals surface area (Å²) in [5, 5.41) is 1.19. The van der Waals surface area contributed by atoms with Gasteiger partial charge in [-0.2, -0.15) is 0 Å². The maximum atomic E-state index is 11.3. The van der Waals surface area contributed by atoms with E-state index in [-0.39, 0.29) is 13.9 Å². The topological polar surface area (TPSA) is 26.3 Å². The molecule has 0 aliphatic heterocycles. The molecule has 0 aliphatic rings. The number of rotatable bonds is 2. The van der Waals surface area contributed by atoms with Gasteiger partial charge in [0.25, 0.3) is 0 Å². The summed E-state index contributed by atoms with van der Waals surface area (Å²) >= 11 is 3.38. The lowest BCUT2D eigenvalue weighted by Crippen LogP contribution is -2.07. The van der Waals surface area contributed by atoms with Gasteiger partial charge in [-0.05, 0) is 36.8 Å². The van der Waals surface area contributed by atoms with E-state index in [4.69, 9.17) is 0 Å². The zero-order chi connectivity index (χ0) is 10.7. The van der Waals surface area contributed by atoms with Crippen LogP contribution in [0.5, 0.6) is 0 Å². The molecular weight excluding hydrogens is 263 g/mol. The Hall–Kier alpha value is -0.400. The van der Waals surface area contributed by atoms with Gasteiger partial charge in [0.2, 0.25) is 0 Å².